The van der Waals surface area contributed by atoms with Gasteiger partial charge in [-0.2, -0.15) is 0 Å². The maximum absolute atomic E-state index is 12.3. The second-order valence-electron chi connectivity index (χ2n) is 5.04. The number of carbonyl (C=O) groups is 2. The van der Waals surface area contributed by atoms with Crippen molar-refractivity contribution >= 4 is 11.9 Å². The minimum absolute atomic E-state index is 0.153. The van der Waals surface area contributed by atoms with Crippen LogP contribution in [0.15, 0.2) is 21.9 Å². The molecule has 120 valence electrons. The fourth-order valence-corrected chi connectivity index (χ4v) is 2.33. The summed E-state index contributed by atoms with van der Waals surface area (Å²) in [5.41, 5.74) is -1.05. The molecule has 1 N–H and O–H groups in total. The first-order chi connectivity index (χ1) is 10.4. The summed E-state index contributed by atoms with van der Waals surface area (Å²) >= 11 is 0. The van der Waals surface area contributed by atoms with Crippen LogP contribution < -0.4 is 11.2 Å². The number of ether oxygens (including phenoxy) is 1. The predicted molar refractivity (Wildman–Crippen MR) is 74.5 cm³/mol. The first-order valence-corrected chi connectivity index (χ1v) is 6.75. The predicted octanol–water partition coefficient (Wildman–Crippen LogP) is -1.75. The van der Waals surface area contributed by atoms with Crippen molar-refractivity contribution < 1.29 is 19.4 Å². The SMILES string of the molecule is Cn1c(=O)ccn(CC(=O)N2CCOCC2CC(=O)O)c1=O. The quantitative estimate of drug-likeness (QED) is 0.706. The van der Waals surface area contributed by atoms with Gasteiger partial charge in [-0.15, -0.1) is 0 Å². The van der Waals surface area contributed by atoms with E-state index >= 15 is 0 Å². The van der Waals surface area contributed by atoms with Gasteiger partial charge in [-0.25, -0.2) is 4.79 Å². The Hall–Kier alpha value is -2.42. The third-order valence-corrected chi connectivity index (χ3v) is 3.52. The van der Waals surface area contributed by atoms with Crippen molar-refractivity contribution in [1.82, 2.24) is 14.0 Å². The second-order valence-corrected chi connectivity index (χ2v) is 5.04. The number of amides is 1. The molecule has 1 aliphatic rings. The van der Waals surface area contributed by atoms with Gasteiger partial charge in [0, 0.05) is 25.9 Å². The van der Waals surface area contributed by atoms with Crippen molar-refractivity contribution in [3.63, 3.8) is 0 Å². The number of carboxylic acids is 1. The third-order valence-electron chi connectivity index (χ3n) is 3.52. The fraction of sp³-hybridized carbons (Fsp3) is 0.538. The minimum atomic E-state index is -1.02. The van der Waals surface area contributed by atoms with E-state index in [1.807, 2.05) is 0 Å². The zero-order valence-electron chi connectivity index (χ0n) is 12.1. The number of hydrogen-bond acceptors (Lipinski definition) is 5. The number of nitrogens with zero attached hydrogens (tertiary/aromatic N) is 3. The van der Waals surface area contributed by atoms with Crippen molar-refractivity contribution in [1.29, 1.82) is 0 Å². The molecule has 1 amide bonds. The molecule has 0 aromatic carbocycles. The molecule has 1 atom stereocenters. The number of aromatic nitrogens is 2. The topological polar surface area (TPSA) is 111 Å². The van der Waals surface area contributed by atoms with Gasteiger partial charge < -0.3 is 14.7 Å². The van der Waals surface area contributed by atoms with Crippen LogP contribution in [0.1, 0.15) is 6.42 Å². The molecule has 1 aromatic heterocycles. The molecule has 0 aliphatic carbocycles. The molecule has 0 radical (unpaired) electrons. The molecule has 1 fully saturated rings. The summed E-state index contributed by atoms with van der Waals surface area (Å²) in [6, 6.07) is 0.643. The van der Waals surface area contributed by atoms with E-state index in [4.69, 9.17) is 9.84 Å². The zero-order chi connectivity index (χ0) is 16.3. The Labute approximate surface area is 125 Å². The number of hydrogen-bond donors (Lipinski definition) is 1. The largest absolute Gasteiger partial charge is 0.481 e. The number of rotatable bonds is 4. The lowest BCUT2D eigenvalue weighted by atomic mass is 10.1. The molecule has 9 nitrogen and oxygen atoms in total. The average molecular weight is 311 g/mol. The van der Waals surface area contributed by atoms with Crippen LogP contribution in [0.2, 0.25) is 0 Å². The van der Waals surface area contributed by atoms with Crippen LogP contribution >= 0.6 is 0 Å². The monoisotopic (exact) mass is 311 g/mol. The van der Waals surface area contributed by atoms with Crippen molar-refractivity contribution in [3.05, 3.63) is 33.1 Å². The maximum Gasteiger partial charge on any atom is 0.331 e. The van der Waals surface area contributed by atoms with E-state index in [1.165, 1.54) is 24.2 Å². The van der Waals surface area contributed by atoms with Crippen molar-refractivity contribution in [3.8, 4) is 0 Å². The first-order valence-electron chi connectivity index (χ1n) is 6.75. The van der Waals surface area contributed by atoms with Crippen LogP contribution in [0.5, 0.6) is 0 Å². The molecule has 2 rings (SSSR count). The van der Waals surface area contributed by atoms with Crippen LogP contribution in [0.4, 0.5) is 0 Å². The highest BCUT2D eigenvalue weighted by Gasteiger charge is 2.29. The molecule has 1 saturated heterocycles. The summed E-state index contributed by atoms with van der Waals surface area (Å²) in [4.78, 5) is 47.8. The highest BCUT2D eigenvalue weighted by atomic mass is 16.5. The summed E-state index contributed by atoms with van der Waals surface area (Å²) in [5, 5.41) is 8.88. The van der Waals surface area contributed by atoms with Crippen molar-refractivity contribution in [2.24, 2.45) is 7.05 Å². The Morgan fingerprint density at radius 3 is 2.82 bits per heavy atom. The van der Waals surface area contributed by atoms with Gasteiger partial charge in [0.25, 0.3) is 5.56 Å². The third kappa shape index (κ3) is 3.42. The van der Waals surface area contributed by atoms with Gasteiger partial charge in [-0.05, 0) is 0 Å². The van der Waals surface area contributed by atoms with Gasteiger partial charge in [0.1, 0.15) is 6.54 Å². The van der Waals surface area contributed by atoms with Crippen LogP contribution in [0.25, 0.3) is 0 Å². The minimum Gasteiger partial charge on any atom is -0.481 e. The molecule has 0 bridgehead atoms. The van der Waals surface area contributed by atoms with Gasteiger partial charge in [-0.1, -0.05) is 0 Å². The summed E-state index contributed by atoms with van der Waals surface area (Å²) in [5.74, 6) is -1.40. The van der Waals surface area contributed by atoms with Crippen molar-refractivity contribution in [2.75, 3.05) is 19.8 Å². The standard InChI is InChI=1S/C13H17N3O6/c1-14-10(17)2-3-15(13(14)21)7-11(18)16-4-5-22-8-9(16)6-12(19)20/h2-3,9H,4-8H2,1H3,(H,19,20). The van der Waals surface area contributed by atoms with Crippen LogP contribution in [0, 0.1) is 0 Å². The van der Waals surface area contributed by atoms with Crippen LogP contribution in [0.3, 0.4) is 0 Å². The molecule has 2 heterocycles. The Bertz CT molecular complexity index is 692. The lowest BCUT2D eigenvalue weighted by Crippen LogP contribution is -2.51. The molecule has 0 spiro atoms. The van der Waals surface area contributed by atoms with E-state index in [9.17, 15) is 19.2 Å². The van der Waals surface area contributed by atoms with E-state index in [0.717, 1.165) is 9.13 Å². The fourth-order valence-electron chi connectivity index (χ4n) is 2.33. The van der Waals surface area contributed by atoms with E-state index in [-0.39, 0.29) is 32.0 Å². The molecular formula is C13H17N3O6. The number of aliphatic carboxylic acids is 1. The summed E-state index contributed by atoms with van der Waals surface area (Å²) < 4.78 is 7.23. The highest BCUT2D eigenvalue weighted by molar-refractivity contribution is 5.77. The molecule has 1 aromatic rings. The van der Waals surface area contributed by atoms with Gasteiger partial charge in [0.15, 0.2) is 0 Å². The van der Waals surface area contributed by atoms with Gasteiger partial charge >= 0.3 is 11.7 Å². The van der Waals surface area contributed by atoms with Gasteiger partial charge in [0.05, 0.1) is 25.7 Å². The number of carboxylic acid groups (broad SMARTS) is 1. The lowest BCUT2D eigenvalue weighted by molar-refractivity contribution is -0.146. The van der Waals surface area contributed by atoms with E-state index in [1.54, 1.807) is 0 Å². The zero-order valence-corrected chi connectivity index (χ0v) is 12.1. The Morgan fingerprint density at radius 2 is 2.14 bits per heavy atom. The number of carbonyl (C=O) groups excluding carboxylic acids is 1. The molecule has 1 aliphatic heterocycles. The normalized spacial score (nSPS) is 18.2. The molecule has 22 heavy (non-hydrogen) atoms. The smallest absolute Gasteiger partial charge is 0.331 e. The summed E-state index contributed by atoms with van der Waals surface area (Å²) in [6.45, 7) is 0.505. The Kier molecular flexibility index (Phi) is 4.76. The first kappa shape index (κ1) is 16.0. The van der Waals surface area contributed by atoms with Crippen molar-refractivity contribution in [2.45, 2.75) is 19.0 Å². The van der Waals surface area contributed by atoms with Gasteiger partial charge in [-0.3, -0.25) is 23.5 Å². The molecule has 0 saturated carbocycles. The molecular weight excluding hydrogens is 294 g/mol. The maximum atomic E-state index is 12.3. The lowest BCUT2D eigenvalue weighted by Gasteiger charge is -2.35. The summed E-state index contributed by atoms with van der Waals surface area (Å²) in [7, 11) is 1.33. The molecule has 1 unspecified atom stereocenters. The number of morpholine rings is 1. The average Bonchev–Trinajstić information content (AvgIpc) is 2.48. The van der Waals surface area contributed by atoms with E-state index < -0.39 is 23.3 Å². The molecule has 9 heteroatoms. The van der Waals surface area contributed by atoms with Crippen LogP contribution in [-0.4, -0.2) is 56.8 Å². The van der Waals surface area contributed by atoms with Gasteiger partial charge in [0.2, 0.25) is 5.91 Å². The highest BCUT2D eigenvalue weighted by Crippen LogP contribution is 2.11. The Balaban J connectivity index is 2.17. The van der Waals surface area contributed by atoms with E-state index in [2.05, 4.69) is 0 Å². The second kappa shape index (κ2) is 6.56. The summed E-state index contributed by atoms with van der Waals surface area (Å²) in [6.07, 6.45) is 1.04. The van der Waals surface area contributed by atoms with E-state index in [0.29, 0.717) is 6.61 Å². The van der Waals surface area contributed by atoms with Crippen LogP contribution in [-0.2, 0) is 27.9 Å². The Morgan fingerprint density at radius 1 is 1.41 bits per heavy atom.